The molecule has 0 unspecified atom stereocenters. The Hall–Kier alpha value is -1.00. The van der Waals surface area contributed by atoms with E-state index in [0.29, 0.717) is 6.42 Å². The van der Waals surface area contributed by atoms with Crippen molar-refractivity contribution in [3.8, 4) is 0 Å². The number of nitrogens with one attached hydrogen (secondary N) is 1. The van der Waals surface area contributed by atoms with E-state index in [9.17, 15) is 4.79 Å². The molecule has 0 heterocycles. The summed E-state index contributed by atoms with van der Waals surface area (Å²) in [7, 11) is 0. The third-order valence-electron chi connectivity index (χ3n) is 2.96. The van der Waals surface area contributed by atoms with Gasteiger partial charge in [-0.25, -0.2) is 0 Å². The molecule has 4 heteroatoms. The third-order valence-corrected chi connectivity index (χ3v) is 3.66. The predicted octanol–water partition coefficient (Wildman–Crippen LogP) is 2.21. The molecule has 1 aromatic rings. The van der Waals surface area contributed by atoms with E-state index >= 15 is 0 Å². The number of hydrogen-bond donors (Lipinski definition) is 2. The zero-order chi connectivity index (χ0) is 13.9. The molecule has 0 fully saturated rings. The van der Waals surface area contributed by atoms with Crippen LogP contribution in [0.4, 0.5) is 0 Å². The van der Waals surface area contributed by atoms with Crippen molar-refractivity contribution in [3.05, 3.63) is 35.9 Å². The lowest BCUT2D eigenvalue weighted by molar-refractivity contribution is -0.122. The second kappa shape index (κ2) is 9.87. The van der Waals surface area contributed by atoms with Gasteiger partial charge in [0.05, 0.1) is 6.04 Å². The lowest BCUT2D eigenvalue weighted by atomic mass is 10.1. The summed E-state index contributed by atoms with van der Waals surface area (Å²) in [6.45, 7) is 0.732. The first-order valence-electron chi connectivity index (χ1n) is 6.80. The molecule has 19 heavy (non-hydrogen) atoms. The average molecular weight is 280 g/mol. The average Bonchev–Trinajstić information content (AvgIpc) is 2.43. The highest BCUT2D eigenvalue weighted by atomic mass is 32.2. The number of carbonyl (C=O) groups is 1. The largest absolute Gasteiger partial charge is 0.355 e. The minimum absolute atomic E-state index is 0.0475. The lowest BCUT2D eigenvalue weighted by Gasteiger charge is -2.12. The van der Waals surface area contributed by atoms with E-state index in [1.807, 2.05) is 42.1 Å². The van der Waals surface area contributed by atoms with Crippen LogP contribution in [-0.4, -0.2) is 30.5 Å². The highest BCUT2D eigenvalue weighted by Crippen LogP contribution is 2.03. The molecule has 0 saturated carbocycles. The summed E-state index contributed by atoms with van der Waals surface area (Å²) in [6, 6.07) is 9.43. The van der Waals surface area contributed by atoms with Gasteiger partial charge in [-0.2, -0.15) is 11.8 Å². The van der Waals surface area contributed by atoms with E-state index in [4.69, 9.17) is 5.73 Å². The third kappa shape index (κ3) is 7.23. The van der Waals surface area contributed by atoms with Crippen molar-refractivity contribution in [2.45, 2.75) is 31.7 Å². The van der Waals surface area contributed by atoms with Gasteiger partial charge in [0.1, 0.15) is 0 Å². The predicted molar refractivity (Wildman–Crippen MR) is 83.4 cm³/mol. The van der Waals surface area contributed by atoms with Crippen molar-refractivity contribution in [2.75, 3.05) is 18.6 Å². The topological polar surface area (TPSA) is 55.1 Å². The van der Waals surface area contributed by atoms with Crippen molar-refractivity contribution in [1.82, 2.24) is 5.32 Å². The van der Waals surface area contributed by atoms with Gasteiger partial charge in [0, 0.05) is 6.54 Å². The summed E-state index contributed by atoms with van der Waals surface area (Å²) in [6.07, 6.45) is 6.12. The molecule has 0 aliphatic carbocycles. The zero-order valence-corrected chi connectivity index (χ0v) is 12.4. The Morgan fingerprint density at radius 3 is 2.68 bits per heavy atom. The molecular weight excluding hydrogens is 256 g/mol. The Morgan fingerprint density at radius 1 is 1.26 bits per heavy atom. The molecule has 0 spiro atoms. The summed E-state index contributed by atoms with van der Waals surface area (Å²) >= 11 is 1.86. The number of amides is 1. The number of rotatable bonds is 9. The van der Waals surface area contributed by atoms with Crippen LogP contribution in [0, 0.1) is 0 Å². The number of benzene rings is 1. The van der Waals surface area contributed by atoms with Crippen molar-refractivity contribution in [2.24, 2.45) is 5.73 Å². The number of unbranched alkanes of at least 4 members (excludes halogenated alkanes) is 2. The van der Waals surface area contributed by atoms with Crippen LogP contribution >= 0.6 is 11.8 Å². The maximum absolute atomic E-state index is 11.8. The number of carbonyl (C=O) groups excluding carboxylic acids is 1. The van der Waals surface area contributed by atoms with E-state index in [1.165, 1.54) is 12.2 Å². The smallest absolute Gasteiger partial charge is 0.237 e. The van der Waals surface area contributed by atoms with Gasteiger partial charge < -0.3 is 11.1 Å². The van der Waals surface area contributed by atoms with Crippen LogP contribution < -0.4 is 11.1 Å². The summed E-state index contributed by atoms with van der Waals surface area (Å²) in [5.74, 6) is 1.15. The molecule has 1 rings (SSSR count). The minimum atomic E-state index is -0.450. The van der Waals surface area contributed by atoms with E-state index < -0.39 is 6.04 Å². The molecule has 0 aliphatic heterocycles. The fourth-order valence-corrected chi connectivity index (χ4v) is 2.34. The number of hydrogen-bond acceptors (Lipinski definition) is 3. The van der Waals surface area contributed by atoms with Crippen molar-refractivity contribution >= 4 is 17.7 Å². The maximum atomic E-state index is 11.8. The summed E-state index contributed by atoms with van der Waals surface area (Å²) in [5, 5.41) is 2.91. The minimum Gasteiger partial charge on any atom is -0.355 e. The van der Waals surface area contributed by atoms with E-state index in [-0.39, 0.29) is 5.91 Å². The molecule has 0 aromatic heterocycles. The first kappa shape index (κ1) is 16.1. The van der Waals surface area contributed by atoms with Crippen LogP contribution in [0.15, 0.2) is 30.3 Å². The highest BCUT2D eigenvalue weighted by Gasteiger charge is 2.12. The molecule has 1 aromatic carbocycles. The van der Waals surface area contributed by atoms with Gasteiger partial charge in [0.15, 0.2) is 0 Å². The van der Waals surface area contributed by atoms with Crippen LogP contribution in [0.1, 0.15) is 24.8 Å². The van der Waals surface area contributed by atoms with Crippen LogP contribution in [0.2, 0.25) is 0 Å². The van der Waals surface area contributed by atoms with Gasteiger partial charge in [-0.05, 0) is 36.8 Å². The van der Waals surface area contributed by atoms with Crippen molar-refractivity contribution in [1.29, 1.82) is 0 Å². The van der Waals surface area contributed by atoms with Crippen LogP contribution in [0.5, 0.6) is 0 Å². The SMILES string of the molecule is CSCCCCCNC(=O)[C@H](N)Cc1ccccc1. The van der Waals surface area contributed by atoms with Crippen LogP contribution in [0.3, 0.4) is 0 Å². The molecule has 0 bridgehead atoms. The summed E-state index contributed by atoms with van der Waals surface area (Å²) in [5.41, 5.74) is 7.00. The first-order valence-corrected chi connectivity index (χ1v) is 8.19. The van der Waals surface area contributed by atoms with E-state index in [0.717, 1.165) is 24.9 Å². The van der Waals surface area contributed by atoms with Gasteiger partial charge in [-0.1, -0.05) is 36.8 Å². The molecule has 3 N–H and O–H groups in total. The molecule has 0 saturated heterocycles. The zero-order valence-electron chi connectivity index (χ0n) is 11.6. The molecule has 1 atom stereocenters. The number of nitrogens with two attached hydrogens (primary N) is 1. The fraction of sp³-hybridized carbons (Fsp3) is 0.533. The van der Waals surface area contributed by atoms with Crippen molar-refractivity contribution in [3.63, 3.8) is 0 Å². The normalized spacial score (nSPS) is 12.1. The van der Waals surface area contributed by atoms with E-state index in [1.54, 1.807) is 0 Å². The maximum Gasteiger partial charge on any atom is 0.237 e. The van der Waals surface area contributed by atoms with Crippen LogP contribution in [0.25, 0.3) is 0 Å². The van der Waals surface area contributed by atoms with Gasteiger partial charge in [-0.3, -0.25) is 4.79 Å². The second-order valence-electron chi connectivity index (χ2n) is 4.64. The standard InChI is InChI=1S/C15H24N2OS/c1-19-11-7-3-6-10-17-15(18)14(16)12-13-8-4-2-5-9-13/h2,4-5,8-9,14H,3,6-7,10-12,16H2,1H3,(H,17,18)/t14-/m1/s1. The summed E-state index contributed by atoms with van der Waals surface area (Å²) in [4.78, 5) is 11.8. The Bertz CT molecular complexity index is 356. The molecule has 0 aliphatic rings. The molecule has 0 radical (unpaired) electrons. The molecular formula is C15H24N2OS. The van der Waals surface area contributed by atoms with E-state index in [2.05, 4.69) is 11.6 Å². The quantitative estimate of drug-likeness (QED) is 0.682. The lowest BCUT2D eigenvalue weighted by Crippen LogP contribution is -2.42. The second-order valence-corrected chi connectivity index (χ2v) is 5.63. The molecule has 1 amide bonds. The monoisotopic (exact) mass is 280 g/mol. The van der Waals surface area contributed by atoms with Gasteiger partial charge in [0.2, 0.25) is 5.91 Å². The fourth-order valence-electron chi connectivity index (χ4n) is 1.85. The Balaban J connectivity index is 2.15. The van der Waals surface area contributed by atoms with Crippen LogP contribution in [-0.2, 0) is 11.2 Å². The summed E-state index contributed by atoms with van der Waals surface area (Å²) < 4.78 is 0. The van der Waals surface area contributed by atoms with Gasteiger partial charge in [-0.15, -0.1) is 0 Å². The molecule has 106 valence electrons. The number of thioether (sulfide) groups is 1. The highest BCUT2D eigenvalue weighted by molar-refractivity contribution is 7.98. The Labute approximate surface area is 120 Å². The molecule has 3 nitrogen and oxygen atoms in total. The van der Waals surface area contributed by atoms with Crippen molar-refractivity contribution < 1.29 is 4.79 Å². The first-order chi connectivity index (χ1) is 9.24. The van der Waals surface area contributed by atoms with Gasteiger partial charge in [0.25, 0.3) is 0 Å². The van der Waals surface area contributed by atoms with Gasteiger partial charge >= 0.3 is 0 Å². The Kier molecular flexibility index (Phi) is 8.34. The Morgan fingerprint density at radius 2 is 2.00 bits per heavy atom.